The van der Waals surface area contributed by atoms with E-state index in [2.05, 4.69) is 25.9 Å². The molecule has 0 saturated carbocycles. The van der Waals surface area contributed by atoms with Crippen LogP contribution in [0.25, 0.3) is 0 Å². The SMILES string of the molecule is COCCNC/C=C/C(=O)N1CCC(Nc2ncc(C(=O)Nc3ccc(C)cn3)o2)CC1. The second kappa shape index (κ2) is 12.0. The molecule has 0 spiro atoms. The molecular formula is C22H30N6O4. The second-order valence-corrected chi connectivity index (χ2v) is 7.55. The number of piperidine rings is 1. The molecule has 3 heterocycles. The number of likely N-dealkylation sites (tertiary alicyclic amines) is 1. The van der Waals surface area contributed by atoms with Crippen LogP contribution in [0.3, 0.4) is 0 Å². The van der Waals surface area contributed by atoms with Crippen molar-refractivity contribution in [1.82, 2.24) is 20.2 Å². The summed E-state index contributed by atoms with van der Waals surface area (Å²) in [6, 6.07) is 4.00. The standard InChI is InChI=1S/C22H30N6O4/c1-16-5-6-19(24-14-16)27-21(30)18-15-25-22(32-18)26-17-7-11-28(12-8-17)20(29)4-3-9-23-10-13-31-2/h3-6,14-15,17,23H,7-13H2,1-2H3,(H,25,26)(H,24,27,30)/b4-3+. The molecule has 10 heteroatoms. The lowest BCUT2D eigenvalue weighted by Gasteiger charge is -2.31. The Kier molecular flexibility index (Phi) is 8.76. The first kappa shape index (κ1) is 23.4. The van der Waals surface area contributed by atoms with E-state index in [0.717, 1.165) is 24.9 Å². The van der Waals surface area contributed by atoms with E-state index in [0.29, 0.717) is 38.1 Å². The number of carbonyl (C=O) groups is 2. The van der Waals surface area contributed by atoms with Crippen molar-refractivity contribution in [2.45, 2.75) is 25.8 Å². The number of aromatic nitrogens is 2. The molecule has 1 aliphatic rings. The highest BCUT2D eigenvalue weighted by Gasteiger charge is 2.23. The van der Waals surface area contributed by atoms with E-state index in [-0.39, 0.29) is 17.7 Å². The average molecular weight is 443 g/mol. The second-order valence-electron chi connectivity index (χ2n) is 7.55. The summed E-state index contributed by atoms with van der Waals surface area (Å²) in [4.78, 5) is 34.7. The molecule has 0 aliphatic carbocycles. The zero-order valence-electron chi connectivity index (χ0n) is 18.5. The van der Waals surface area contributed by atoms with E-state index < -0.39 is 5.91 Å². The number of amides is 2. The van der Waals surface area contributed by atoms with Crippen molar-refractivity contribution >= 4 is 23.6 Å². The van der Waals surface area contributed by atoms with E-state index in [1.165, 1.54) is 6.20 Å². The molecule has 1 saturated heterocycles. The molecule has 1 aliphatic heterocycles. The van der Waals surface area contributed by atoms with Gasteiger partial charge in [-0.1, -0.05) is 12.1 Å². The van der Waals surface area contributed by atoms with Crippen molar-refractivity contribution in [3.63, 3.8) is 0 Å². The lowest BCUT2D eigenvalue weighted by molar-refractivity contribution is -0.126. The number of rotatable bonds is 10. The molecule has 3 N–H and O–H groups in total. The van der Waals surface area contributed by atoms with Gasteiger partial charge in [-0.05, 0) is 31.4 Å². The van der Waals surface area contributed by atoms with Crippen LogP contribution in [0.1, 0.15) is 29.0 Å². The van der Waals surface area contributed by atoms with Crippen LogP contribution in [0.15, 0.2) is 41.1 Å². The van der Waals surface area contributed by atoms with Crippen molar-refractivity contribution in [3.05, 3.63) is 48.0 Å². The Labute approximate surface area is 187 Å². The fourth-order valence-corrected chi connectivity index (χ4v) is 3.21. The third kappa shape index (κ3) is 7.17. The Morgan fingerprint density at radius 3 is 2.78 bits per heavy atom. The molecule has 10 nitrogen and oxygen atoms in total. The molecule has 2 amide bonds. The van der Waals surface area contributed by atoms with Crippen LogP contribution in [-0.4, -0.2) is 72.6 Å². The van der Waals surface area contributed by atoms with Crippen LogP contribution in [-0.2, 0) is 9.53 Å². The maximum absolute atomic E-state index is 12.3. The van der Waals surface area contributed by atoms with Crippen LogP contribution in [0.4, 0.5) is 11.8 Å². The number of aryl methyl sites for hydroxylation is 1. The summed E-state index contributed by atoms with van der Waals surface area (Å²) in [5.41, 5.74) is 1.01. The van der Waals surface area contributed by atoms with Gasteiger partial charge in [0.05, 0.1) is 12.8 Å². The number of nitrogens with one attached hydrogen (secondary N) is 3. The minimum absolute atomic E-state index is 0.0109. The number of pyridine rings is 1. The molecule has 2 aromatic heterocycles. The largest absolute Gasteiger partial charge is 0.418 e. The fourth-order valence-electron chi connectivity index (χ4n) is 3.21. The van der Waals surface area contributed by atoms with Crippen LogP contribution in [0, 0.1) is 6.92 Å². The molecule has 0 atom stereocenters. The Morgan fingerprint density at radius 2 is 2.06 bits per heavy atom. The van der Waals surface area contributed by atoms with Gasteiger partial charge in [0, 0.05) is 51.6 Å². The highest BCUT2D eigenvalue weighted by atomic mass is 16.5. The quantitative estimate of drug-likeness (QED) is 0.376. The highest BCUT2D eigenvalue weighted by molar-refractivity contribution is 6.01. The molecule has 32 heavy (non-hydrogen) atoms. The van der Waals surface area contributed by atoms with Gasteiger partial charge in [0.15, 0.2) is 0 Å². The Balaban J connectivity index is 1.40. The zero-order valence-corrected chi connectivity index (χ0v) is 18.5. The smallest absolute Gasteiger partial charge is 0.295 e. The van der Waals surface area contributed by atoms with E-state index in [9.17, 15) is 9.59 Å². The molecule has 172 valence electrons. The first-order chi connectivity index (χ1) is 15.5. The molecule has 0 radical (unpaired) electrons. The summed E-state index contributed by atoms with van der Waals surface area (Å²) in [7, 11) is 1.65. The van der Waals surface area contributed by atoms with E-state index in [1.54, 1.807) is 25.4 Å². The number of methoxy groups -OCH3 is 1. The van der Waals surface area contributed by atoms with Gasteiger partial charge in [-0.2, -0.15) is 0 Å². The maximum Gasteiger partial charge on any atom is 0.295 e. The number of nitrogens with zero attached hydrogens (tertiary/aromatic N) is 3. The van der Waals surface area contributed by atoms with Crippen molar-refractivity contribution in [1.29, 1.82) is 0 Å². The molecule has 3 rings (SSSR count). The van der Waals surface area contributed by atoms with Gasteiger partial charge in [-0.15, -0.1) is 0 Å². The summed E-state index contributed by atoms with van der Waals surface area (Å²) in [6.07, 6.45) is 8.03. The Bertz CT molecular complexity index is 903. The first-order valence-corrected chi connectivity index (χ1v) is 10.7. The molecule has 2 aromatic rings. The van der Waals surface area contributed by atoms with Crippen LogP contribution >= 0.6 is 0 Å². The number of anilines is 2. The van der Waals surface area contributed by atoms with E-state index >= 15 is 0 Å². The van der Waals surface area contributed by atoms with E-state index in [4.69, 9.17) is 9.15 Å². The maximum atomic E-state index is 12.3. The monoisotopic (exact) mass is 442 g/mol. The van der Waals surface area contributed by atoms with Crippen LogP contribution in [0.2, 0.25) is 0 Å². The number of carbonyl (C=O) groups excluding carboxylic acids is 2. The van der Waals surface area contributed by atoms with Gasteiger partial charge in [0.25, 0.3) is 11.9 Å². The number of ether oxygens (including phenoxy) is 1. The Morgan fingerprint density at radius 1 is 1.25 bits per heavy atom. The van der Waals surface area contributed by atoms with Crippen molar-refractivity contribution in [2.75, 3.05) is 50.5 Å². The highest BCUT2D eigenvalue weighted by Crippen LogP contribution is 2.18. The van der Waals surface area contributed by atoms with Crippen molar-refractivity contribution in [3.8, 4) is 0 Å². The average Bonchev–Trinajstić information content (AvgIpc) is 3.27. The molecule has 1 fully saturated rings. The van der Waals surface area contributed by atoms with Crippen molar-refractivity contribution < 1.29 is 18.7 Å². The van der Waals surface area contributed by atoms with Gasteiger partial charge in [-0.3, -0.25) is 9.59 Å². The minimum atomic E-state index is -0.411. The normalized spacial score (nSPS) is 14.6. The van der Waals surface area contributed by atoms with Crippen molar-refractivity contribution in [2.24, 2.45) is 0 Å². The molecule has 0 unspecified atom stereocenters. The van der Waals surface area contributed by atoms with E-state index in [1.807, 2.05) is 24.0 Å². The predicted octanol–water partition coefficient (Wildman–Crippen LogP) is 1.83. The van der Waals surface area contributed by atoms with Crippen LogP contribution in [0.5, 0.6) is 0 Å². The van der Waals surface area contributed by atoms with Gasteiger partial charge in [-0.25, -0.2) is 9.97 Å². The summed E-state index contributed by atoms with van der Waals surface area (Å²) >= 11 is 0. The number of hydrogen-bond donors (Lipinski definition) is 3. The summed E-state index contributed by atoms with van der Waals surface area (Å²) in [6.45, 7) is 5.23. The predicted molar refractivity (Wildman–Crippen MR) is 121 cm³/mol. The number of oxazole rings is 1. The first-order valence-electron chi connectivity index (χ1n) is 10.7. The zero-order chi connectivity index (χ0) is 22.8. The van der Waals surface area contributed by atoms with Gasteiger partial charge in [0.1, 0.15) is 5.82 Å². The molecule has 0 aromatic carbocycles. The summed E-state index contributed by atoms with van der Waals surface area (Å²) in [5, 5.41) is 9.05. The molecule has 0 bridgehead atoms. The summed E-state index contributed by atoms with van der Waals surface area (Å²) < 4.78 is 10.5. The summed E-state index contributed by atoms with van der Waals surface area (Å²) in [5.74, 6) is 0.151. The minimum Gasteiger partial charge on any atom is -0.418 e. The third-order valence-electron chi connectivity index (χ3n) is 5.02. The third-order valence-corrected chi connectivity index (χ3v) is 5.02. The van der Waals surface area contributed by atoms with Gasteiger partial charge in [0.2, 0.25) is 11.7 Å². The van der Waals surface area contributed by atoms with Crippen LogP contribution < -0.4 is 16.0 Å². The van der Waals surface area contributed by atoms with Gasteiger partial charge >= 0.3 is 0 Å². The Hall–Kier alpha value is -3.24. The number of hydrogen-bond acceptors (Lipinski definition) is 8. The lowest BCUT2D eigenvalue weighted by atomic mass is 10.1. The topological polar surface area (TPSA) is 122 Å². The fraction of sp³-hybridized carbons (Fsp3) is 0.455. The van der Waals surface area contributed by atoms with Gasteiger partial charge < -0.3 is 30.0 Å². The lowest BCUT2D eigenvalue weighted by Crippen LogP contribution is -2.41. The molecular weight excluding hydrogens is 412 g/mol.